The summed E-state index contributed by atoms with van der Waals surface area (Å²) in [6.07, 6.45) is -9.39. The molecule has 0 bridgehead atoms. The maximum absolute atomic E-state index is 12.5. The van der Waals surface area contributed by atoms with E-state index in [0.29, 0.717) is 30.6 Å². The second-order valence-corrected chi connectivity index (χ2v) is 4.71. The van der Waals surface area contributed by atoms with Crippen molar-refractivity contribution in [3.05, 3.63) is 0 Å². The summed E-state index contributed by atoms with van der Waals surface area (Å²) in [7, 11) is 0. The van der Waals surface area contributed by atoms with Gasteiger partial charge < -0.3 is 10.0 Å². The molecule has 20 heavy (non-hydrogen) atoms. The lowest BCUT2D eigenvalue weighted by Gasteiger charge is -2.33. The van der Waals surface area contributed by atoms with Crippen molar-refractivity contribution >= 4 is 5.91 Å². The van der Waals surface area contributed by atoms with Crippen LogP contribution in [0.1, 0.15) is 25.7 Å². The van der Waals surface area contributed by atoms with Gasteiger partial charge in [-0.2, -0.15) is 26.3 Å². The van der Waals surface area contributed by atoms with Gasteiger partial charge in [0.15, 0.2) is 0 Å². The van der Waals surface area contributed by atoms with Gasteiger partial charge in [-0.1, -0.05) is 12.8 Å². The first-order valence-electron chi connectivity index (χ1n) is 6.13. The summed E-state index contributed by atoms with van der Waals surface area (Å²) in [6.45, 7) is -1.20. The number of alkyl halides is 6. The van der Waals surface area contributed by atoms with Crippen LogP contribution in [0.15, 0.2) is 0 Å². The smallest absolute Gasteiger partial charge is 0.395 e. The van der Waals surface area contributed by atoms with Gasteiger partial charge in [0.1, 0.15) is 0 Å². The van der Waals surface area contributed by atoms with Crippen LogP contribution in [0, 0.1) is 5.92 Å². The SMILES string of the molecule is O=C(C(C(F)(F)F)C(F)(F)F)N(CCO)C1CCCC1. The largest absolute Gasteiger partial charge is 0.409 e. The van der Waals surface area contributed by atoms with Gasteiger partial charge in [0.25, 0.3) is 0 Å². The number of hydrogen-bond acceptors (Lipinski definition) is 2. The Kier molecular flexibility index (Phi) is 5.28. The minimum Gasteiger partial charge on any atom is -0.395 e. The second kappa shape index (κ2) is 6.19. The minimum absolute atomic E-state index is 0.355. The highest BCUT2D eigenvalue weighted by atomic mass is 19.4. The standard InChI is InChI=1S/C11H15F6NO2/c12-10(13,14)8(11(15,16)17)9(20)18(5-6-19)7-3-1-2-4-7/h7-8,19H,1-6H2. The quantitative estimate of drug-likeness (QED) is 0.811. The fourth-order valence-electron chi connectivity index (χ4n) is 2.43. The molecule has 0 heterocycles. The van der Waals surface area contributed by atoms with Crippen molar-refractivity contribution in [2.45, 2.75) is 44.1 Å². The maximum atomic E-state index is 12.5. The molecule has 1 amide bonds. The first kappa shape index (κ1) is 17.1. The van der Waals surface area contributed by atoms with Crippen molar-refractivity contribution in [3.63, 3.8) is 0 Å². The molecule has 1 aliphatic carbocycles. The van der Waals surface area contributed by atoms with Crippen LogP contribution in [-0.2, 0) is 4.79 Å². The summed E-state index contributed by atoms with van der Waals surface area (Å²) in [4.78, 5) is 12.2. The van der Waals surface area contributed by atoms with Gasteiger partial charge in [-0.25, -0.2) is 0 Å². The zero-order chi connectivity index (χ0) is 15.6. The molecule has 0 aromatic rings. The topological polar surface area (TPSA) is 40.5 Å². The minimum atomic E-state index is -5.69. The Labute approximate surface area is 111 Å². The van der Waals surface area contributed by atoms with Crippen molar-refractivity contribution < 1.29 is 36.2 Å². The second-order valence-electron chi connectivity index (χ2n) is 4.71. The van der Waals surface area contributed by atoms with E-state index < -0.39 is 43.4 Å². The third-order valence-electron chi connectivity index (χ3n) is 3.29. The molecule has 3 nitrogen and oxygen atoms in total. The van der Waals surface area contributed by atoms with Gasteiger partial charge in [-0.05, 0) is 12.8 Å². The van der Waals surface area contributed by atoms with Gasteiger partial charge in [-0.3, -0.25) is 4.79 Å². The average molecular weight is 307 g/mol. The van der Waals surface area contributed by atoms with E-state index in [1.807, 2.05) is 0 Å². The van der Waals surface area contributed by atoms with E-state index >= 15 is 0 Å². The molecule has 1 N–H and O–H groups in total. The van der Waals surface area contributed by atoms with E-state index in [0.717, 1.165) is 0 Å². The molecule has 0 atom stereocenters. The summed E-state index contributed by atoms with van der Waals surface area (Å²) in [5.74, 6) is -6.05. The lowest BCUT2D eigenvalue weighted by Crippen LogP contribution is -2.52. The summed E-state index contributed by atoms with van der Waals surface area (Å²) in [5.41, 5.74) is 0. The number of aliphatic hydroxyl groups is 1. The van der Waals surface area contributed by atoms with Crippen LogP contribution in [0.25, 0.3) is 0 Å². The van der Waals surface area contributed by atoms with Crippen LogP contribution >= 0.6 is 0 Å². The zero-order valence-corrected chi connectivity index (χ0v) is 10.5. The van der Waals surface area contributed by atoms with Crippen molar-refractivity contribution in [1.82, 2.24) is 4.90 Å². The van der Waals surface area contributed by atoms with E-state index in [9.17, 15) is 31.1 Å². The number of rotatable bonds is 4. The van der Waals surface area contributed by atoms with Crippen molar-refractivity contribution in [2.75, 3.05) is 13.2 Å². The van der Waals surface area contributed by atoms with Crippen molar-refractivity contribution in [1.29, 1.82) is 0 Å². The highest BCUT2D eigenvalue weighted by Gasteiger charge is 2.62. The lowest BCUT2D eigenvalue weighted by atomic mass is 10.0. The molecule has 0 aromatic carbocycles. The number of hydrogen-bond donors (Lipinski definition) is 1. The average Bonchev–Trinajstić information content (AvgIpc) is 2.74. The third-order valence-corrected chi connectivity index (χ3v) is 3.29. The molecule has 0 aromatic heterocycles. The van der Waals surface area contributed by atoms with Crippen LogP contribution < -0.4 is 0 Å². The molecule has 0 spiro atoms. The number of amides is 1. The number of carbonyl (C=O) groups excluding carboxylic acids is 1. The first-order valence-corrected chi connectivity index (χ1v) is 6.13. The van der Waals surface area contributed by atoms with Gasteiger partial charge in [0.2, 0.25) is 11.8 Å². The number of halogens is 6. The molecule has 0 unspecified atom stereocenters. The summed E-state index contributed by atoms with van der Waals surface area (Å²) in [6, 6.07) is -0.665. The Balaban J connectivity index is 3.00. The monoisotopic (exact) mass is 307 g/mol. The highest BCUT2D eigenvalue weighted by molar-refractivity contribution is 5.80. The Hall–Kier alpha value is -0.990. The van der Waals surface area contributed by atoms with E-state index in [4.69, 9.17) is 5.11 Å². The number of carbonyl (C=O) groups is 1. The Morgan fingerprint density at radius 2 is 1.55 bits per heavy atom. The van der Waals surface area contributed by atoms with Crippen molar-refractivity contribution in [2.24, 2.45) is 5.92 Å². The predicted molar refractivity (Wildman–Crippen MR) is 56.7 cm³/mol. The third kappa shape index (κ3) is 4.00. The molecule has 0 aliphatic heterocycles. The number of aliphatic hydroxyl groups excluding tert-OH is 1. The van der Waals surface area contributed by atoms with E-state index in [1.54, 1.807) is 0 Å². The maximum Gasteiger partial charge on any atom is 0.409 e. The van der Waals surface area contributed by atoms with E-state index in [-0.39, 0.29) is 0 Å². The van der Waals surface area contributed by atoms with Gasteiger partial charge in [0, 0.05) is 12.6 Å². The summed E-state index contributed by atoms with van der Waals surface area (Å²) < 4.78 is 75.1. The van der Waals surface area contributed by atoms with Crippen molar-refractivity contribution in [3.8, 4) is 0 Å². The van der Waals surface area contributed by atoms with Gasteiger partial charge in [0.05, 0.1) is 6.61 Å². The first-order chi connectivity index (χ1) is 9.09. The van der Waals surface area contributed by atoms with Crippen LogP contribution in [0.3, 0.4) is 0 Å². The molecule has 9 heteroatoms. The zero-order valence-electron chi connectivity index (χ0n) is 10.5. The molecule has 1 saturated carbocycles. The molecule has 0 radical (unpaired) electrons. The molecular formula is C11H15F6NO2. The summed E-state index contributed by atoms with van der Waals surface area (Å²) in [5, 5.41) is 8.78. The molecular weight excluding hydrogens is 292 g/mol. The Morgan fingerprint density at radius 1 is 1.10 bits per heavy atom. The molecule has 1 rings (SSSR count). The van der Waals surface area contributed by atoms with Crippen LogP contribution in [0.2, 0.25) is 0 Å². The molecule has 1 fully saturated rings. The normalized spacial score (nSPS) is 17.8. The van der Waals surface area contributed by atoms with Crippen LogP contribution in [-0.4, -0.2) is 47.5 Å². The van der Waals surface area contributed by atoms with Gasteiger partial charge in [-0.15, -0.1) is 0 Å². The fourth-order valence-corrected chi connectivity index (χ4v) is 2.43. The lowest BCUT2D eigenvalue weighted by molar-refractivity contribution is -0.278. The highest BCUT2D eigenvalue weighted by Crippen LogP contribution is 2.41. The number of nitrogens with zero attached hydrogens (tertiary/aromatic N) is 1. The van der Waals surface area contributed by atoms with E-state index in [1.165, 1.54) is 0 Å². The molecule has 118 valence electrons. The molecule has 0 saturated heterocycles. The van der Waals surface area contributed by atoms with Gasteiger partial charge >= 0.3 is 12.4 Å². The Morgan fingerprint density at radius 3 is 1.90 bits per heavy atom. The van der Waals surface area contributed by atoms with E-state index in [2.05, 4.69) is 0 Å². The van der Waals surface area contributed by atoms with Crippen LogP contribution in [0.5, 0.6) is 0 Å². The fraction of sp³-hybridized carbons (Fsp3) is 0.909. The summed E-state index contributed by atoms with van der Waals surface area (Å²) >= 11 is 0. The van der Waals surface area contributed by atoms with Crippen LogP contribution in [0.4, 0.5) is 26.3 Å². The Bertz CT molecular complexity index is 321. The predicted octanol–water partition coefficient (Wildman–Crippen LogP) is 2.49. The molecule has 1 aliphatic rings.